The largest absolute Gasteiger partial charge is 0.373 e. The zero-order chi connectivity index (χ0) is 13.0. The number of hydrogen-bond acceptors (Lipinski definition) is 4. The monoisotopic (exact) mass is 265 g/mol. The average molecular weight is 265 g/mol. The highest BCUT2D eigenvalue weighted by Gasteiger charge is 2.16. The van der Waals surface area contributed by atoms with Crippen LogP contribution in [-0.2, 0) is 12.2 Å². The number of nitrogens with one attached hydrogen (secondary N) is 1. The molecule has 0 saturated heterocycles. The predicted molar refractivity (Wildman–Crippen MR) is 79.2 cm³/mol. The highest BCUT2D eigenvalue weighted by atomic mass is 32.2. The molecule has 1 saturated carbocycles. The number of thioether (sulfide) groups is 1. The van der Waals surface area contributed by atoms with Gasteiger partial charge in [-0.15, -0.1) is 0 Å². The molecule has 0 amide bonds. The number of nitrogens with zero attached hydrogens (tertiary/aromatic N) is 2. The van der Waals surface area contributed by atoms with Crippen LogP contribution in [0, 0.1) is 6.92 Å². The van der Waals surface area contributed by atoms with E-state index >= 15 is 0 Å². The SMILES string of the molecule is CCc1nc(CSC2CCCC2)nc(NC)c1C. The van der Waals surface area contributed by atoms with Crippen LogP contribution < -0.4 is 5.32 Å². The molecule has 0 aromatic carbocycles. The molecule has 1 heterocycles. The zero-order valence-corrected chi connectivity index (χ0v) is 12.4. The lowest BCUT2D eigenvalue weighted by molar-refractivity contribution is 0.886. The van der Waals surface area contributed by atoms with E-state index in [1.807, 2.05) is 18.8 Å². The quantitative estimate of drug-likeness (QED) is 0.883. The Morgan fingerprint density at radius 2 is 2.00 bits per heavy atom. The first-order valence-corrected chi connectivity index (χ1v) is 7.95. The van der Waals surface area contributed by atoms with Gasteiger partial charge in [-0.1, -0.05) is 19.8 Å². The van der Waals surface area contributed by atoms with Crippen molar-refractivity contribution < 1.29 is 0 Å². The first-order chi connectivity index (χ1) is 8.74. The lowest BCUT2D eigenvalue weighted by atomic mass is 10.2. The third-order valence-electron chi connectivity index (χ3n) is 3.61. The number of anilines is 1. The molecule has 1 fully saturated rings. The van der Waals surface area contributed by atoms with Crippen molar-refractivity contribution in [2.24, 2.45) is 0 Å². The molecule has 0 atom stereocenters. The van der Waals surface area contributed by atoms with E-state index in [2.05, 4.69) is 29.1 Å². The van der Waals surface area contributed by atoms with Crippen LogP contribution in [0.25, 0.3) is 0 Å². The normalized spacial score (nSPS) is 16.2. The molecule has 18 heavy (non-hydrogen) atoms. The molecule has 0 radical (unpaired) electrons. The summed E-state index contributed by atoms with van der Waals surface area (Å²) in [4.78, 5) is 9.31. The van der Waals surface area contributed by atoms with Gasteiger partial charge in [-0.05, 0) is 26.2 Å². The van der Waals surface area contributed by atoms with Gasteiger partial charge in [0.2, 0.25) is 0 Å². The van der Waals surface area contributed by atoms with E-state index < -0.39 is 0 Å². The van der Waals surface area contributed by atoms with Crippen LogP contribution in [0.4, 0.5) is 5.82 Å². The Bertz CT molecular complexity index is 375. The van der Waals surface area contributed by atoms with Gasteiger partial charge in [0.05, 0.1) is 5.75 Å². The fourth-order valence-electron chi connectivity index (χ4n) is 2.51. The second-order valence-corrected chi connectivity index (χ2v) is 6.17. The summed E-state index contributed by atoms with van der Waals surface area (Å²) in [5, 5.41) is 4.01. The summed E-state index contributed by atoms with van der Waals surface area (Å²) in [6, 6.07) is 0. The van der Waals surface area contributed by atoms with Crippen LogP contribution in [0.1, 0.15) is 49.7 Å². The van der Waals surface area contributed by atoms with Crippen LogP contribution >= 0.6 is 11.8 Å². The van der Waals surface area contributed by atoms with E-state index in [1.165, 1.54) is 36.9 Å². The van der Waals surface area contributed by atoms with Crippen LogP contribution in [-0.4, -0.2) is 22.3 Å². The Morgan fingerprint density at radius 1 is 1.28 bits per heavy atom. The highest BCUT2D eigenvalue weighted by Crippen LogP contribution is 2.31. The van der Waals surface area contributed by atoms with Crippen molar-refractivity contribution in [3.63, 3.8) is 0 Å². The number of aromatic nitrogens is 2. The molecule has 0 aliphatic heterocycles. The molecule has 0 bridgehead atoms. The second-order valence-electron chi connectivity index (χ2n) is 4.88. The Balaban J connectivity index is 2.07. The standard InChI is InChI=1S/C14H23N3S/c1-4-12-10(2)14(15-3)17-13(16-12)9-18-11-7-5-6-8-11/h11H,4-9H2,1-3H3,(H,15,16,17). The van der Waals surface area contributed by atoms with Crippen molar-refractivity contribution in [2.45, 2.75) is 57.0 Å². The lowest BCUT2D eigenvalue weighted by Crippen LogP contribution is -2.07. The second kappa shape index (κ2) is 6.41. The molecule has 1 N–H and O–H groups in total. The lowest BCUT2D eigenvalue weighted by Gasteiger charge is -2.12. The minimum Gasteiger partial charge on any atom is -0.373 e. The number of hydrogen-bond donors (Lipinski definition) is 1. The zero-order valence-electron chi connectivity index (χ0n) is 11.6. The van der Waals surface area contributed by atoms with Gasteiger partial charge in [-0.25, -0.2) is 9.97 Å². The van der Waals surface area contributed by atoms with Crippen LogP contribution in [0.5, 0.6) is 0 Å². The van der Waals surface area contributed by atoms with Gasteiger partial charge < -0.3 is 5.32 Å². The van der Waals surface area contributed by atoms with E-state index in [4.69, 9.17) is 0 Å². The molecule has 3 nitrogen and oxygen atoms in total. The summed E-state index contributed by atoms with van der Waals surface area (Å²) < 4.78 is 0. The van der Waals surface area contributed by atoms with E-state index in [0.717, 1.165) is 29.1 Å². The molecule has 2 rings (SSSR count). The van der Waals surface area contributed by atoms with E-state index in [0.29, 0.717) is 0 Å². The molecule has 4 heteroatoms. The van der Waals surface area contributed by atoms with Gasteiger partial charge in [0, 0.05) is 23.6 Å². The molecule has 0 unspecified atom stereocenters. The molecule has 1 aromatic heterocycles. The third-order valence-corrected chi connectivity index (χ3v) is 4.98. The van der Waals surface area contributed by atoms with E-state index in [1.54, 1.807) is 0 Å². The average Bonchev–Trinajstić information content (AvgIpc) is 2.90. The van der Waals surface area contributed by atoms with Gasteiger partial charge >= 0.3 is 0 Å². The van der Waals surface area contributed by atoms with Crippen LogP contribution in [0.15, 0.2) is 0 Å². The fourth-order valence-corrected chi connectivity index (χ4v) is 3.69. The summed E-state index contributed by atoms with van der Waals surface area (Å²) >= 11 is 2.03. The van der Waals surface area contributed by atoms with Crippen molar-refractivity contribution in [2.75, 3.05) is 12.4 Å². The van der Waals surface area contributed by atoms with Crippen molar-refractivity contribution in [1.29, 1.82) is 0 Å². The summed E-state index contributed by atoms with van der Waals surface area (Å²) in [6.45, 7) is 4.25. The van der Waals surface area contributed by atoms with Gasteiger partial charge in [0.15, 0.2) is 0 Å². The molecular formula is C14H23N3S. The van der Waals surface area contributed by atoms with Crippen LogP contribution in [0.2, 0.25) is 0 Å². The van der Waals surface area contributed by atoms with Crippen molar-refractivity contribution in [3.05, 3.63) is 17.1 Å². The first kappa shape index (κ1) is 13.7. The van der Waals surface area contributed by atoms with E-state index in [-0.39, 0.29) is 0 Å². The molecule has 1 aromatic rings. The summed E-state index contributed by atoms with van der Waals surface area (Å²) in [6.07, 6.45) is 6.51. The maximum Gasteiger partial charge on any atom is 0.140 e. The van der Waals surface area contributed by atoms with Gasteiger partial charge in [0.1, 0.15) is 11.6 Å². The van der Waals surface area contributed by atoms with Gasteiger partial charge in [-0.3, -0.25) is 0 Å². The van der Waals surface area contributed by atoms with Gasteiger partial charge in [0.25, 0.3) is 0 Å². The molecular weight excluding hydrogens is 242 g/mol. The maximum atomic E-state index is 4.69. The molecule has 100 valence electrons. The summed E-state index contributed by atoms with van der Waals surface area (Å²) in [5.41, 5.74) is 2.37. The first-order valence-electron chi connectivity index (χ1n) is 6.90. The fraction of sp³-hybridized carbons (Fsp3) is 0.714. The van der Waals surface area contributed by atoms with Crippen molar-refractivity contribution >= 4 is 17.6 Å². The Hall–Kier alpha value is -0.770. The molecule has 1 aliphatic rings. The molecule has 1 aliphatic carbocycles. The Kier molecular flexibility index (Phi) is 4.87. The third kappa shape index (κ3) is 3.16. The van der Waals surface area contributed by atoms with Gasteiger partial charge in [-0.2, -0.15) is 11.8 Å². The summed E-state index contributed by atoms with van der Waals surface area (Å²) in [5.74, 6) is 2.93. The van der Waals surface area contributed by atoms with Crippen molar-refractivity contribution in [1.82, 2.24) is 9.97 Å². The Morgan fingerprint density at radius 3 is 2.61 bits per heavy atom. The predicted octanol–water partition coefficient (Wildman–Crippen LogP) is 3.56. The summed E-state index contributed by atoms with van der Waals surface area (Å²) in [7, 11) is 1.93. The topological polar surface area (TPSA) is 37.8 Å². The smallest absolute Gasteiger partial charge is 0.140 e. The van der Waals surface area contributed by atoms with Crippen LogP contribution in [0.3, 0.4) is 0 Å². The molecule has 0 spiro atoms. The maximum absolute atomic E-state index is 4.69. The minimum absolute atomic E-state index is 0.831. The number of rotatable bonds is 5. The van der Waals surface area contributed by atoms with E-state index in [9.17, 15) is 0 Å². The number of aryl methyl sites for hydroxylation is 1. The minimum atomic E-state index is 0.831. The van der Waals surface area contributed by atoms with Crippen molar-refractivity contribution in [3.8, 4) is 0 Å². The Labute approximate surface area is 114 Å². The highest BCUT2D eigenvalue weighted by molar-refractivity contribution is 7.99.